The van der Waals surface area contributed by atoms with E-state index in [4.69, 9.17) is 32.7 Å². The normalized spacial score (nSPS) is 10.5. The van der Waals surface area contributed by atoms with E-state index in [0.29, 0.717) is 46.0 Å². The topological polar surface area (TPSA) is 47.6 Å². The van der Waals surface area contributed by atoms with E-state index in [-0.39, 0.29) is 12.3 Å². The molecule has 0 spiro atoms. The van der Waals surface area contributed by atoms with E-state index < -0.39 is 0 Å². The van der Waals surface area contributed by atoms with Gasteiger partial charge in [-0.1, -0.05) is 43.1 Å². The highest BCUT2D eigenvalue weighted by molar-refractivity contribution is 6.36. The van der Waals surface area contributed by atoms with Gasteiger partial charge >= 0.3 is 0 Å². The Kier molecular flexibility index (Phi) is 8.07. The number of amides is 1. The Balaban J connectivity index is 2.11. The fraction of sp³-hybridized carbons (Fsp3) is 0.350. The first kappa shape index (κ1) is 20.4. The van der Waals surface area contributed by atoms with Crippen LogP contribution in [0.4, 0.5) is 5.69 Å². The molecular formula is C20H23Cl2NO3. The van der Waals surface area contributed by atoms with Gasteiger partial charge in [0.25, 0.3) is 0 Å². The van der Waals surface area contributed by atoms with Crippen LogP contribution >= 0.6 is 23.2 Å². The minimum Gasteiger partial charge on any atom is -0.490 e. The zero-order valence-electron chi connectivity index (χ0n) is 15.0. The molecule has 6 heteroatoms. The van der Waals surface area contributed by atoms with Gasteiger partial charge in [0.1, 0.15) is 0 Å². The number of rotatable bonds is 9. The van der Waals surface area contributed by atoms with Gasteiger partial charge in [-0.2, -0.15) is 0 Å². The van der Waals surface area contributed by atoms with E-state index in [9.17, 15) is 4.79 Å². The smallest absolute Gasteiger partial charge is 0.228 e. The van der Waals surface area contributed by atoms with Crippen molar-refractivity contribution < 1.29 is 14.3 Å². The number of carbonyl (C=O) groups excluding carboxylic acids is 1. The van der Waals surface area contributed by atoms with Gasteiger partial charge in [-0.15, -0.1) is 0 Å². The lowest BCUT2D eigenvalue weighted by molar-refractivity contribution is -0.115. The predicted octanol–water partition coefficient (Wildman–Crippen LogP) is 5.75. The van der Waals surface area contributed by atoms with Gasteiger partial charge in [-0.25, -0.2) is 0 Å². The summed E-state index contributed by atoms with van der Waals surface area (Å²) >= 11 is 12.3. The number of ether oxygens (including phenoxy) is 2. The third-order valence-electron chi connectivity index (χ3n) is 3.55. The van der Waals surface area contributed by atoms with Crippen LogP contribution < -0.4 is 14.8 Å². The van der Waals surface area contributed by atoms with Crippen LogP contribution in [0.1, 0.15) is 32.3 Å². The number of carbonyl (C=O) groups is 1. The molecule has 0 saturated carbocycles. The van der Waals surface area contributed by atoms with Crippen molar-refractivity contribution in [3.05, 3.63) is 52.0 Å². The largest absolute Gasteiger partial charge is 0.490 e. The first-order valence-electron chi connectivity index (χ1n) is 8.67. The van der Waals surface area contributed by atoms with Gasteiger partial charge in [-0.3, -0.25) is 4.79 Å². The van der Waals surface area contributed by atoms with Gasteiger partial charge in [0.2, 0.25) is 5.91 Å². The molecule has 0 heterocycles. The quantitative estimate of drug-likeness (QED) is 0.587. The number of hydrogen-bond donors (Lipinski definition) is 1. The summed E-state index contributed by atoms with van der Waals surface area (Å²) in [6, 6.07) is 10.5. The van der Waals surface area contributed by atoms with E-state index in [2.05, 4.69) is 5.32 Å². The van der Waals surface area contributed by atoms with Crippen molar-refractivity contribution in [2.24, 2.45) is 0 Å². The summed E-state index contributed by atoms with van der Waals surface area (Å²) in [5, 5.41) is 3.80. The Bertz CT molecular complexity index is 730. The second-order valence-electron chi connectivity index (χ2n) is 5.78. The molecule has 0 aliphatic rings. The van der Waals surface area contributed by atoms with Crippen LogP contribution in [0.5, 0.6) is 11.5 Å². The molecule has 2 rings (SSSR count). The molecule has 0 aliphatic carbocycles. The minimum absolute atomic E-state index is 0.0950. The van der Waals surface area contributed by atoms with Crippen LogP contribution in [-0.4, -0.2) is 19.1 Å². The lowest BCUT2D eigenvalue weighted by Crippen LogP contribution is -2.15. The number of anilines is 1. The molecule has 0 radical (unpaired) electrons. The number of nitrogens with one attached hydrogen (secondary N) is 1. The van der Waals surface area contributed by atoms with E-state index in [0.717, 1.165) is 12.8 Å². The maximum Gasteiger partial charge on any atom is 0.228 e. The van der Waals surface area contributed by atoms with E-state index >= 15 is 0 Å². The van der Waals surface area contributed by atoms with E-state index in [1.165, 1.54) is 0 Å². The van der Waals surface area contributed by atoms with Crippen molar-refractivity contribution in [1.29, 1.82) is 0 Å². The standard InChI is InChI=1S/C20H23Cl2NO3/c1-3-10-25-18-9-8-14(12-19(18)26-11-4-2)23-20(24)13-15-16(21)6-5-7-17(15)22/h5-9,12H,3-4,10-11,13H2,1-2H3,(H,23,24). The van der Waals surface area contributed by atoms with Gasteiger partial charge in [-0.05, 0) is 42.7 Å². The Morgan fingerprint density at radius 1 is 0.962 bits per heavy atom. The van der Waals surface area contributed by atoms with Crippen LogP contribution in [0.2, 0.25) is 10.0 Å². The lowest BCUT2D eigenvalue weighted by Gasteiger charge is -2.14. The second kappa shape index (κ2) is 10.3. The number of hydrogen-bond acceptors (Lipinski definition) is 3. The molecule has 1 amide bonds. The van der Waals surface area contributed by atoms with Crippen LogP contribution in [0.3, 0.4) is 0 Å². The Morgan fingerprint density at radius 3 is 2.19 bits per heavy atom. The highest BCUT2D eigenvalue weighted by atomic mass is 35.5. The molecule has 0 atom stereocenters. The van der Waals surface area contributed by atoms with Gasteiger partial charge in [0.05, 0.1) is 19.6 Å². The van der Waals surface area contributed by atoms with Gasteiger partial charge in [0, 0.05) is 21.8 Å². The van der Waals surface area contributed by atoms with E-state index in [1.54, 1.807) is 36.4 Å². The van der Waals surface area contributed by atoms with Crippen LogP contribution in [-0.2, 0) is 11.2 Å². The highest BCUT2D eigenvalue weighted by Gasteiger charge is 2.13. The lowest BCUT2D eigenvalue weighted by atomic mass is 10.1. The zero-order valence-corrected chi connectivity index (χ0v) is 16.5. The monoisotopic (exact) mass is 395 g/mol. The molecule has 0 aromatic heterocycles. The molecule has 2 aromatic rings. The number of halogens is 2. The van der Waals surface area contributed by atoms with Crippen molar-refractivity contribution in [3.8, 4) is 11.5 Å². The van der Waals surface area contributed by atoms with Crippen LogP contribution in [0.25, 0.3) is 0 Å². The summed E-state index contributed by atoms with van der Waals surface area (Å²) < 4.78 is 11.4. The molecule has 0 unspecified atom stereocenters. The van der Waals surface area contributed by atoms with Crippen molar-refractivity contribution >= 4 is 34.8 Å². The first-order valence-corrected chi connectivity index (χ1v) is 9.43. The molecule has 140 valence electrons. The molecule has 1 N–H and O–H groups in total. The maximum absolute atomic E-state index is 12.4. The van der Waals surface area contributed by atoms with Crippen molar-refractivity contribution in [2.45, 2.75) is 33.1 Å². The van der Waals surface area contributed by atoms with Crippen LogP contribution in [0.15, 0.2) is 36.4 Å². The Morgan fingerprint density at radius 2 is 1.58 bits per heavy atom. The summed E-state index contributed by atoms with van der Waals surface area (Å²) in [6.07, 6.45) is 1.89. The Labute approximate surface area is 164 Å². The van der Waals surface area contributed by atoms with Crippen molar-refractivity contribution in [2.75, 3.05) is 18.5 Å². The summed E-state index contributed by atoms with van der Waals surface area (Å²) in [6.45, 7) is 5.26. The summed E-state index contributed by atoms with van der Waals surface area (Å²) in [7, 11) is 0. The molecule has 0 bridgehead atoms. The molecule has 0 fully saturated rings. The summed E-state index contributed by atoms with van der Waals surface area (Å²) in [5.41, 5.74) is 1.24. The molecule has 0 saturated heterocycles. The van der Waals surface area contributed by atoms with Crippen molar-refractivity contribution in [1.82, 2.24) is 0 Å². The zero-order chi connectivity index (χ0) is 18.9. The molecule has 26 heavy (non-hydrogen) atoms. The second-order valence-corrected chi connectivity index (χ2v) is 6.60. The minimum atomic E-state index is -0.205. The Hall–Kier alpha value is -1.91. The first-order chi connectivity index (χ1) is 12.5. The third kappa shape index (κ3) is 5.82. The summed E-state index contributed by atoms with van der Waals surface area (Å²) in [4.78, 5) is 12.4. The molecule has 0 aliphatic heterocycles. The summed E-state index contributed by atoms with van der Waals surface area (Å²) in [5.74, 6) is 1.09. The molecule has 2 aromatic carbocycles. The average Bonchev–Trinajstić information content (AvgIpc) is 2.62. The predicted molar refractivity (Wildman–Crippen MR) is 107 cm³/mol. The maximum atomic E-state index is 12.4. The third-order valence-corrected chi connectivity index (χ3v) is 4.26. The highest BCUT2D eigenvalue weighted by Crippen LogP contribution is 2.31. The average molecular weight is 396 g/mol. The van der Waals surface area contributed by atoms with E-state index in [1.807, 2.05) is 13.8 Å². The van der Waals surface area contributed by atoms with Gasteiger partial charge in [0.15, 0.2) is 11.5 Å². The fourth-order valence-corrected chi connectivity index (χ4v) is 2.84. The molecular weight excluding hydrogens is 373 g/mol. The number of benzene rings is 2. The van der Waals surface area contributed by atoms with Crippen LogP contribution in [0, 0.1) is 0 Å². The van der Waals surface area contributed by atoms with Gasteiger partial charge < -0.3 is 14.8 Å². The SMILES string of the molecule is CCCOc1ccc(NC(=O)Cc2c(Cl)cccc2Cl)cc1OCCC. The molecule has 4 nitrogen and oxygen atoms in total. The fourth-order valence-electron chi connectivity index (χ4n) is 2.31. The van der Waals surface area contributed by atoms with Crippen molar-refractivity contribution in [3.63, 3.8) is 0 Å².